The average molecular weight is 268 g/mol. The van der Waals surface area contributed by atoms with Crippen molar-refractivity contribution >= 4 is 5.97 Å². The molecule has 1 aliphatic rings. The molecule has 0 heterocycles. The second kappa shape index (κ2) is 5.88. The van der Waals surface area contributed by atoms with E-state index in [1.54, 1.807) is 13.0 Å². The van der Waals surface area contributed by atoms with Gasteiger partial charge in [0.05, 0.1) is 12.2 Å². The van der Waals surface area contributed by atoms with E-state index in [0.29, 0.717) is 12.0 Å². The molecule has 0 bridgehead atoms. The van der Waals surface area contributed by atoms with E-state index in [1.165, 1.54) is 0 Å². The molecule has 0 saturated heterocycles. The predicted molar refractivity (Wildman–Crippen MR) is 73.6 cm³/mol. The van der Waals surface area contributed by atoms with Crippen molar-refractivity contribution in [2.75, 3.05) is 0 Å². The Kier molecular flexibility index (Phi) is 4.93. The average Bonchev–Trinajstić information content (AvgIpc) is 2.24. The van der Waals surface area contributed by atoms with Crippen LogP contribution in [0.1, 0.15) is 34.1 Å². The van der Waals surface area contributed by atoms with Crippen molar-refractivity contribution in [2.45, 2.75) is 46.3 Å². The summed E-state index contributed by atoms with van der Waals surface area (Å²) in [7, 11) is 0. The fourth-order valence-electron chi connectivity index (χ4n) is 3.02. The third kappa shape index (κ3) is 3.67. The fourth-order valence-corrected chi connectivity index (χ4v) is 3.02. The summed E-state index contributed by atoms with van der Waals surface area (Å²) in [5.41, 5.74) is 0.230. The topological polar surface area (TPSA) is 77.8 Å². The molecule has 0 radical (unpaired) electrons. The summed E-state index contributed by atoms with van der Waals surface area (Å²) in [4.78, 5) is 10.6. The van der Waals surface area contributed by atoms with Gasteiger partial charge in [-0.05, 0) is 36.2 Å². The first-order valence-electron chi connectivity index (χ1n) is 6.61. The van der Waals surface area contributed by atoms with Gasteiger partial charge in [-0.1, -0.05) is 32.9 Å². The molecule has 0 aliphatic heterocycles. The molecule has 108 valence electrons. The van der Waals surface area contributed by atoms with Crippen LogP contribution in [0.15, 0.2) is 23.8 Å². The van der Waals surface area contributed by atoms with Crippen LogP contribution in [0.3, 0.4) is 0 Å². The van der Waals surface area contributed by atoms with E-state index < -0.39 is 23.6 Å². The van der Waals surface area contributed by atoms with Crippen LogP contribution in [0.4, 0.5) is 0 Å². The largest absolute Gasteiger partial charge is 0.478 e. The van der Waals surface area contributed by atoms with Crippen molar-refractivity contribution in [1.29, 1.82) is 0 Å². The number of allylic oxidation sites excluding steroid dienone is 3. The number of aliphatic hydroxyl groups excluding tert-OH is 2. The zero-order chi connectivity index (χ0) is 14.8. The number of rotatable bonds is 3. The number of carboxylic acid groups (broad SMARTS) is 1. The van der Waals surface area contributed by atoms with Crippen molar-refractivity contribution in [2.24, 2.45) is 17.3 Å². The van der Waals surface area contributed by atoms with Crippen molar-refractivity contribution in [3.05, 3.63) is 23.8 Å². The molecular weight excluding hydrogens is 244 g/mol. The van der Waals surface area contributed by atoms with Crippen molar-refractivity contribution in [1.82, 2.24) is 0 Å². The van der Waals surface area contributed by atoms with Crippen LogP contribution < -0.4 is 0 Å². The first-order chi connectivity index (χ1) is 8.66. The van der Waals surface area contributed by atoms with Gasteiger partial charge in [0.25, 0.3) is 0 Å². The molecule has 1 rings (SSSR count). The second-order valence-electron chi connectivity index (χ2n) is 6.16. The third-order valence-electron chi connectivity index (χ3n) is 4.13. The van der Waals surface area contributed by atoms with Crippen LogP contribution in [0.2, 0.25) is 0 Å². The summed E-state index contributed by atoms with van der Waals surface area (Å²) in [5.74, 6) is -0.626. The highest BCUT2D eigenvalue weighted by Crippen LogP contribution is 2.45. The van der Waals surface area contributed by atoms with Crippen molar-refractivity contribution < 1.29 is 20.1 Å². The Morgan fingerprint density at radius 2 is 1.89 bits per heavy atom. The summed E-state index contributed by atoms with van der Waals surface area (Å²) in [6.45, 7) is 7.64. The molecule has 1 fully saturated rings. The third-order valence-corrected chi connectivity index (χ3v) is 4.13. The Balaban J connectivity index is 2.92. The summed E-state index contributed by atoms with van der Waals surface area (Å²) >= 11 is 0. The number of aliphatic hydroxyl groups is 2. The molecule has 0 amide bonds. The molecule has 0 aromatic heterocycles. The molecular formula is C15H24O4. The maximum absolute atomic E-state index is 10.6. The van der Waals surface area contributed by atoms with E-state index in [9.17, 15) is 15.0 Å². The van der Waals surface area contributed by atoms with Gasteiger partial charge in [0.1, 0.15) is 0 Å². The van der Waals surface area contributed by atoms with Gasteiger partial charge in [0.15, 0.2) is 0 Å². The minimum absolute atomic E-state index is 0.100. The zero-order valence-electron chi connectivity index (χ0n) is 12.0. The lowest BCUT2D eigenvalue weighted by molar-refractivity contribution is -0.131. The van der Waals surface area contributed by atoms with Crippen LogP contribution in [-0.2, 0) is 4.79 Å². The monoisotopic (exact) mass is 268 g/mol. The molecule has 1 unspecified atom stereocenters. The van der Waals surface area contributed by atoms with Gasteiger partial charge in [-0.25, -0.2) is 4.79 Å². The van der Waals surface area contributed by atoms with E-state index in [2.05, 4.69) is 0 Å². The fraction of sp³-hybridized carbons (Fsp3) is 0.667. The van der Waals surface area contributed by atoms with Gasteiger partial charge in [-0.2, -0.15) is 0 Å². The summed E-state index contributed by atoms with van der Waals surface area (Å²) in [6, 6.07) is 0. The Labute approximate surface area is 114 Å². The van der Waals surface area contributed by atoms with Crippen LogP contribution in [0, 0.1) is 17.3 Å². The smallest absolute Gasteiger partial charge is 0.328 e. The number of hydrogen-bond acceptors (Lipinski definition) is 3. The van der Waals surface area contributed by atoms with Crippen LogP contribution >= 0.6 is 0 Å². The van der Waals surface area contributed by atoms with Crippen LogP contribution in [0.25, 0.3) is 0 Å². The molecule has 4 nitrogen and oxygen atoms in total. The van der Waals surface area contributed by atoms with E-state index in [-0.39, 0.29) is 11.8 Å². The van der Waals surface area contributed by atoms with E-state index in [1.807, 2.05) is 26.8 Å². The van der Waals surface area contributed by atoms with Crippen molar-refractivity contribution in [3.63, 3.8) is 0 Å². The molecule has 0 aromatic carbocycles. The first-order valence-corrected chi connectivity index (χ1v) is 6.61. The molecule has 1 aliphatic carbocycles. The Hall–Kier alpha value is -1.13. The summed E-state index contributed by atoms with van der Waals surface area (Å²) in [5, 5.41) is 28.6. The second-order valence-corrected chi connectivity index (χ2v) is 6.16. The molecule has 19 heavy (non-hydrogen) atoms. The number of aliphatic carboxylic acids is 1. The van der Waals surface area contributed by atoms with E-state index in [0.717, 1.165) is 6.08 Å². The number of carboxylic acids is 1. The standard InChI is InChI=1S/C15H24O4/c1-9(7-13(17)18)5-6-11-10(2)8-12(16)14(19)15(11,3)4/h5-7,10-12,14,16,19H,8H2,1-4H3,(H,17,18)/b6-5+,9-7+/t10-,11?,12-,14-/m1/s1. The van der Waals surface area contributed by atoms with Gasteiger partial charge in [0, 0.05) is 6.08 Å². The van der Waals surface area contributed by atoms with Gasteiger partial charge in [0.2, 0.25) is 0 Å². The Morgan fingerprint density at radius 1 is 1.32 bits per heavy atom. The highest BCUT2D eigenvalue weighted by Gasteiger charge is 2.46. The van der Waals surface area contributed by atoms with Crippen LogP contribution in [0.5, 0.6) is 0 Å². The molecule has 4 heteroatoms. The van der Waals surface area contributed by atoms with E-state index >= 15 is 0 Å². The highest BCUT2D eigenvalue weighted by atomic mass is 16.4. The predicted octanol–water partition coefficient (Wildman–Crippen LogP) is 1.98. The summed E-state index contributed by atoms with van der Waals surface area (Å²) < 4.78 is 0. The minimum Gasteiger partial charge on any atom is -0.478 e. The quantitative estimate of drug-likeness (QED) is 0.540. The van der Waals surface area contributed by atoms with Crippen molar-refractivity contribution in [3.8, 4) is 0 Å². The van der Waals surface area contributed by atoms with Gasteiger partial charge < -0.3 is 15.3 Å². The van der Waals surface area contributed by atoms with Gasteiger partial charge >= 0.3 is 5.97 Å². The maximum Gasteiger partial charge on any atom is 0.328 e. The molecule has 0 spiro atoms. The lowest BCUT2D eigenvalue weighted by Crippen LogP contribution is -2.51. The Morgan fingerprint density at radius 3 is 2.42 bits per heavy atom. The van der Waals surface area contributed by atoms with Gasteiger partial charge in [-0.15, -0.1) is 0 Å². The zero-order valence-corrected chi connectivity index (χ0v) is 12.0. The van der Waals surface area contributed by atoms with E-state index in [4.69, 9.17) is 5.11 Å². The number of hydrogen-bond donors (Lipinski definition) is 3. The molecule has 1 saturated carbocycles. The highest BCUT2D eigenvalue weighted by molar-refractivity contribution is 5.81. The maximum atomic E-state index is 10.6. The Bertz CT molecular complexity index is 395. The molecule has 3 N–H and O–H groups in total. The van der Waals surface area contributed by atoms with Crippen LogP contribution in [-0.4, -0.2) is 33.5 Å². The SMILES string of the molecule is CC(/C=C/C1[C@H](C)C[C@@H](O)[C@@H](O)C1(C)C)=C\C(=O)O. The minimum atomic E-state index is -0.964. The molecule has 4 atom stereocenters. The lowest BCUT2D eigenvalue weighted by Gasteiger charge is -2.47. The lowest BCUT2D eigenvalue weighted by atomic mass is 9.61. The molecule has 0 aromatic rings. The summed E-state index contributed by atoms with van der Waals surface area (Å²) in [6.07, 6.45) is 3.99. The normalized spacial score (nSPS) is 35.6. The number of carbonyl (C=O) groups is 1. The first kappa shape index (κ1) is 15.9. The van der Waals surface area contributed by atoms with Gasteiger partial charge in [-0.3, -0.25) is 0 Å².